The van der Waals surface area contributed by atoms with Crippen LogP contribution in [0.25, 0.3) is 11.1 Å². The van der Waals surface area contributed by atoms with Crippen LogP contribution in [0.2, 0.25) is 0 Å². The summed E-state index contributed by atoms with van der Waals surface area (Å²) in [6.45, 7) is 10.2. The van der Waals surface area contributed by atoms with E-state index < -0.39 is 5.54 Å². The fourth-order valence-corrected chi connectivity index (χ4v) is 5.08. The lowest BCUT2D eigenvalue weighted by atomic mass is 9.86. The van der Waals surface area contributed by atoms with Crippen molar-refractivity contribution < 1.29 is 9.59 Å². The van der Waals surface area contributed by atoms with Gasteiger partial charge in [-0.05, 0) is 57.4 Å². The largest absolute Gasteiger partial charge is 0.307 e. The van der Waals surface area contributed by atoms with Crippen LogP contribution in [-0.4, -0.2) is 21.7 Å². The number of hydrogen-bond acceptors (Lipinski definition) is 4. The molecule has 1 saturated heterocycles. The lowest BCUT2D eigenvalue weighted by molar-refractivity contribution is -0.116. The van der Waals surface area contributed by atoms with E-state index in [1.807, 2.05) is 32.6 Å². The van der Waals surface area contributed by atoms with Crippen LogP contribution in [0.3, 0.4) is 0 Å². The van der Waals surface area contributed by atoms with E-state index in [1.54, 1.807) is 0 Å². The molecular formula is C19H18N2O2S2. The van der Waals surface area contributed by atoms with Crippen molar-refractivity contribution in [1.82, 2.24) is 5.32 Å². The molecule has 1 aromatic carbocycles. The summed E-state index contributed by atoms with van der Waals surface area (Å²) in [7, 11) is 0. The smallest absolute Gasteiger partial charge is 0.264 e. The second-order valence-electron chi connectivity index (χ2n) is 7.26. The zero-order chi connectivity index (χ0) is 18.3. The van der Waals surface area contributed by atoms with Crippen LogP contribution in [0.1, 0.15) is 43.0 Å². The number of anilines is 1. The molecule has 1 N–H and O–H groups in total. The number of benzene rings is 1. The van der Waals surface area contributed by atoms with Crippen molar-refractivity contribution in [2.24, 2.45) is 0 Å². The molecule has 1 aromatic rings. The molecule has 3 aliphatic rings. The van der Waals surface area contributed by atoms with Gasteiger partial charge in [0.05, 0.1) is 21.7 Å². The highest BCUT2D eigenvalue weighted by atomic mass is 32.2. The maximum atomic E-state index is 13.4. The molecule has 0 atom stereocenters. The molecule has 0 spiro atoms. The third kappa shape index (κ3) is 2.10. The number of rotatable bonds is 0. The van der Waals surface area contributed by atoms with Crippen molar-refractivity contribution in [3.63, 3.8) is 0 Å². The van der Waals surface area contributed by atoms with Crippen LogP contribution in [0.15, 0.2) is 17.0 Å². The Morgan fingerprint density at radius 1 is 1.20 bits per heavy atom. The van der Waals surface area contributed by atoms with Crippen molar-refractivity contribution >= 4 is 56.9 Å². The minimum Gasteiger partial charge on any atom is -0.307 e. The Labute approximate surface area is 156 Å². The molecular weight excluding hydrogens is 352 g/mol. The Bertz CT molecular complexity index is 970. The molecule has 4 nitrogen and oxygen atoms in total. The van der Waals surface area contributed by atoms with Gasteiger partial charge >= 0.3 is 0 Å². The van der Waals surface area contributed by atoms with Gasteiger partial charge in [0.1, 0.15) is 4.32 Å². The fraction of sp³-hybridized carbons (Fsp3) is 0.316. The van der Waals surface area contributed by atoms with Gasteiger partial charge < -0.3 is 5.32 Å². The number of amides is 2. The maximum Gasteiger partial charge on any atom is 0.264 e. The van der Waals surface area contributed by atoms with Crippen LogP contribution in [0.4, 0.5) is 5.69 Å². The van der Waals surface area contributed by atoms with E-state index in [9.17, 15) is 9.59 Å². The average molecular weight is 370 g/mol. The summed E-state index contributed by atoms with van der Waals surface area (Å²) in [6, 6.07) is 2.13. The number of carbonyl (C=O) groups is 2. The monoisotopic (exact) mass is 370 g/mol. The van der Waals surface area contributed by atoms with Gasteiger partial charge in [0, 0.05) is 11.1 Å². The minimum absolute atomic E-state index is 0.124. The Balaban J connectivity index is 2.14. The van der Waals surface area contributed by atoms with Crippen molar-refractivity contribution in [1.29, 1.82) is 0 Å². The molecule has 3 aliphatic heterocycles. The molecule has 0 bridgehead atoms. The van der Waals surface area contributed by atoms with E-state index in [1.165, 1.54) is 11.8 Å². The zero-order valence-electron chi connectivity index (χ0n) is 14.7. The molecule has 2 amide bonds. The highest BCUT2D eigenvalue weighted by molar-refractivity contribution is 8.27. The number of thiocarbonyl (C=S) groups is 1. The van der Waals surface area contributed by atoms with E-state index in [0.717, 1.165) is 33.5 Å². The Morgan fingerprint density at radius 2 is 1.88 bits per heavy atom. The molecule has 0 unspecified atom stereocenters. The first-order valence-corrected chi connectivity index (χ1v) is 9.32. The maximum absolute atomic E-state index is 13.4. The predicted octanol–water partition coefficient (Wildman–Crippen LogP) is 3.70. The number of thioether (sulfide) groups is 1. The van der Waals surface area contributed by atoms with Crippen LogP contribution >= 0.6 is 24.0 Å². The SMILES string of the molecule is CC1=CC(C)(C)N2C(=O)/C(=C3\SC(=S)NC3=O)c3c(C)c(C)cc1c32. The van der Waals surface area contributed by atoms with E-state index in [-0.39, 0.29) is 11.8 Å². The first-order valence-electron chi connectivity index (χ1n) is 8.10. The number of carbonyl (C=O) groups excluding carboxylic acids is 2. The molecule has 0 aromatic heterocycles. The van der Waals surface area contributed by atoms with Gasteiger partial charge in [0.2, 0.25) is 0 Å². The van der Waals surface area contributed by atoms with E-state index in [2.05, 4.69) is 24.4 Å². The van der Waals surface area contributed by atoms with Crippen molar-refractivity contribution in [3.8, 4) is 0 Å². The molecule has 0 saturated carbocycles. The van der Waals surface area contributed by atoms with Crippen molar-refractivity contribution in [3.05, 3.63) is 39.3 Å². The van der Waals surface area contributed by atoms with Gasteiger partial charge in [-0.25, -0.2) is 0 Å². The quantitative estimate of drug-likeness (QED) is 0.559. The van der Waals surface area contributed by atoms with Crippen molar-refractivity contribution in [2.75, 3.05) is 4.90 Å². The lowest BCUT2D eigenvalue weighted by Crippen LogP contribution is -2.46. The Hall–Kier alpha value is -1.92. The summed E-state index contributed by atoms with van der Waals surface area (Å²) >= 11 is 6.30. The molecule has 0 radical (unpaired) electrons. The van der Waals surface area contributed by atoms with Crippen LogP contribution < -0.4 is 10.2 Å². The second-order valence-corrected chi connectivity index (χ2v) is 8.95. The van der Waals surface area contributed by atoms with Gasteiger partial charge in [-0.3, -0.25) is 14.5 Å². The summed E-state index contributed by atoms with van der Waals surface area (Å²) < 4.78 is 0.397. The number of aryl methyl sites for hydroxylation is 1. The van der Waals surface area contributed by atoms with Crippen LogP contribution in [-0.2, 0) is 9.59 Å². The van der Waals surface area contributed by atoms with Gasteiger partial charge in [0.15, 0.2) is 0 Å². The second kappa shape index (κ2) is 5.05. The molecule has 4 rings (SSSR count). The lowest BCUT2D eigenvalue weighted by Gasteiger charge is -2.39. The third-order valence-corrected chi connectivity index (χ3v) is 6.36. The fourth-order valence-electron chi connectivity index (χ4n) is 3.97. The first-order chi connectivity index (χ1) is 11.6. The highest BCUT2D eigenvalue weighted by Gasteiger charge is 2.48. The molecule has 0 aliphatic carbocycles. The normalized spacial score (nSPS) is 23.8. The van der Waals surface area contributed by atoms with Crippen LogP contribution in [0, 0.1) is 13.8 Å². The summed E-state index contributed by atoms with van der Waals surface area (Å²) in [6.07, 6.45) is 2.12. The summed E-state index contributed by atoms with van der Waals surface area (Å²) in [5, 5.41) is 2.64. The van der Waals surface area contributed by atoms with Gasteiger partial charge in [0.25, 0.3) is 11.8 Å². The topological polar surface area (TPSA) is 49.4 Å². The molecule has 128 valence electrons. The van der Waals surface area contributed by atoms with Crippen molar-refractivity contribution in [2.45, 2.75) is 40.2 Å². The number of nitrogens with one attached hydrogen (secondary N) is 1. The molecule has 3 heterocycles. The van der Waals surface area contributed by atoms with E-state index in [4.69, 9.17) is 12.2 Å². The predicted molar refractivity (Wildman–Crippen MR) is 106 cm³/mol. The van der Waals surface area contributed by atoms with Crippen LogP contribution in [0.5, 0.6) is 0 Å². The molecule has 1 fully saturated rings. The number of nitrogens with zero attached hydrogens (tertiary/aromatic N) is 1. The van der Waals surface area contributed by atoms with E-state index in [0.29, 0.717) is 14.8 Å². The third-order valence-electron chi connectivity index (χ3n) is 5.12. The minimum atomic E-state index is -0.451. The summed E-state index contributed by atoms with van der Waals surface area (Å²) in [5.74, 6) is -0.406. The Morgan fingerprint density at radius 3 is 2.48 bits per heavy atom. The van der Waals surface area contributed by atoms with E-state index >= 15 is 0 Å². The average Bonchev–Trinajstić information content (AvgIpc) is 2.98. The summed E-state index contributed by atoms with van der Waals surface area (Å²) in [4.78, 5) is 28.0. The zero-order valence-corrected chi connectivity index (χ0v) is 16.4. The summed E-state index contributed by atoms with van der Waals surface area (Å²) in [5.41, 5.74) is 6.19. The standard InChI is InChI=1S/C19H18N2O2S2/c1-8-6-11-9(2)7-19(4,5)21-14(11)12(10(8)3)13(17(21)23)15-16(22)20-18(24)25-15/h6-7H,1-5H3,(H,20,22,24)/b15-13-. The number of allylic oxidation sites excluding steroid dienone is 1. The van der Waals surface area contributed by atoms with Gasteiger partial charge in [-0.15, -0.1) is 0 Å². The van der Waals surface area contributed by atoms with Gasteiger partial charge in [-0.2, -0.15) is 0 Å². The molecule has 25 heavy (non-hydrogen) atoms. The number of hydrogen-bond donors (Lipinski definition) is 1. The first kappa shape index (κ1) is 16.5. The van der Waals surface area contributed by atoms with Gasteiger partial charge in [-0.1, -0.05) is 30.1 Å². The highest BCUT2D eigenvalue weighted by Crippen LogP contribution is 2.53. The molecule has 6 heteroatoms. The Kier molecular flexibility index (Phi) is 3.34.